The maximum atomic E-state index is 4.63. The lowest BCUT2D eigenvalue weighted by atomic mass is 10.3. The van der Waals surface area contributed by atoms with Crippen LogP contribution >= 0.6 is 11.8 Å². The molecular weight excluding hydrogens is 268 g/mol. The molecule has 0 radical (unpaired) electrons. The molecule has 3 rings (SSSR count). The van der Waals surface area contributed by atoms with Crippen LogP contribution in [-0.2, 0) is 0 Å². The molecule has 0 unspecified atom stereocenters. The minimum atomic E-state index is 1.03. The highest BCUT2D eigenvalue weighted by Crippen LogP contribution is 2.19. The monoisotopic (exact) mass is 288 g/mol. The first-order chi connectivity index (χ1) is 9.74. The topological polar surface area (TPSA) is 34.0 Å². The van der Waals surface area contributed by atoms with E-state index in [1.54, 1.807) is 0 Å². The van der Waals surface area contributed by atoms with Gasteiger partial charge in [0.15, 0.2) is 0 Å². The van der Waals surface area contributed by atoms with Gasteiger partial charge in [0, 0.05) is 24.5 Å². The number of anilines is 1. The normalized spacial score (nSPS) is 16.2. The molecule has 5 heteroatoms. The Morgan fingerprint density at radius 2 is 2.05 bits per heavy atom. The number of hydrogen-bond donors (Lipinski definition) is 0. The van der Waals surface area contributed by atoms with E-state index >= 15 is 0 Å². The highest BCUT2D eigenvalue weighted by molar-refractivity contribution is 7.99. The van der Waals surface area contributed by atoms with Crippen LogP contribution in [0, 0.1) is 13.8 Å². The average molecular weight is 288 g/mol. The highest BCUT2D eigenvalue weighted by atomic mass is 32.2. The molecule has 0 bridgehead atoms. The fraction of sp³-hybridized carbons (Fsp3) is 0.467. The van der Waals surface area contributed by atoms with Crippen molar-refractivity contribution >= 4 is 17.6 Å². The minimum Gasteiger partial charge on any atom is -0.356 e. The predicted molar refractivity (Wildman–Crippen MR) is 85.0 cm³/mol. The lowest BCUT2D eigenvalue weighted by Crippen LogP contribution is -2.26. The molecule has 0 N–H and O–H groups in total. The van der Waals surface area contributed by atoms with Crippen LogP contribution in [0.2, 0.25) is 0 Å². The molecule has 4 nitrogen and oxygen atoms in total. The van der Waals surface area contributed by atoms with Gasteiger partial charge in [0.2, 0.25) is 0 Å². The fourth-order valence-electron chi connectivity index (χ4n) is 2.56. The molecule has 0 atom stereocenters. The first-order valence-electron chi connectivity index (χ1n) is 7.06. The first kappa shape index (κ1) is 13.5. The number of hydrogen-bond acceptors (Lipinski definition) is 4. The van der Waals surface area contributed by atoms with E-state index in [4.69, 9.17) is 0 Å². The molecule has 0 spiro atoms. The second kappa shape index (κ2) is 5.87. The number of thioether (sulfide) groups is 1. The van der Waals surface area contributed by atoms with Gasteiger partial charge in [-0.3, -0.25) is 0 Å². The Labute approximate surface area is 124 Å². The summed E-state index contributed by atoms with van der Waals surface area (Å²) in [7, 11) is 0. The second-order valence-corrected chi connectivity index (χ2v) is 6.39. The van der Waals surface area contributed by atoms with Gasteiger partial charge in [-0.1, -0.05) is 0 Å². The first-order valence-corrected chi connectivity index (χ1v) is 8.22. The van der Waals surface area contributed by atoms with E-state index in [1.807, 2.05) is 29.6 Å². The maximum Gasteiger partial charge on any atom is 0.128 e. The van der Waals surface area contributed by atoms with Crippen molar-refractivity contribution in [3.63, 3.8) is 0 Å². The van der Waals surface area contributed by atoms with Crippen molar-refractivity contribution in [1.82, 2.24) is 14.8 Å². The molecular formula is C15H20N4S. The Morgan fingerprint density at radius 3 is 2.75 bits per heavy atom. The Balaban J connectivity index is 1.82. The quantitative estimate of drug-likeness (QED) is 0.851. The van der Waals surface area contributed by atoms with Crippen LogP contribution in [0.15, 0.2) is 24.4 Å². The molecule has 0 aliphatic carbocycles. The second-order valence-electron chi connectivity index (χ2n) is 5.17. The zero-order chi connectivity index (χ0) is 13.9. The summed E-state index contributed by atoms with van der Waals surface area (Å²) in [6.45, 7) is 6.29. The van der Waals surface area contributed by atoms with Crippen LogP contribution in [0.5, 0.6) is 0 Å². The maximum absolute atomic E-state index is 4.63. The van der Waals surface area contributed by atoms with Crippen molar-refractivity contribution in [3.05, 3.63) is 35.8 Å². The van der Waals surface area contributed by atoms with Gasteiger partial charge in [-0.2, -0.15) is 16.9 Å². The summed E-state index contributed by atoms with van der Waals surface area (Å²) in [5.41, 5.74) is 3.21. The van der Waals surface area contributed by atoms with Crippen molar-refractivity contribution in [2.45, 2.75) is 20.3 Å². The van der Waals surface area contributed by atoms with Crippen molar-refractivity contribution in [2.75, 3.05) is 29.5 Å². The third kappa shape index (κ3) is 2.82. The zero-order valence-corrected chi connectivity index (χ0v) is 12.9. The molecule has 3 heterocycles. The van der Waals surface area contributed by atoms with E-state index in [9.17, 15) is 0 Å². The van der Waals surface area contributed by atoms with Crippen LogP contribution < -0.4 is 4.90 Å². The molecule has 0 saturated carbocycles. The van der Waals surface area contributed by atoms with E-state index in [0.29, 0.717) is 0 Å². The number of rotatable bonds is 2. The van der Waals surface area contributed by atoms with Crippen LogP contribution in [0.3, 0.4) is 0 Å². The van der Waals surface area contributed by atoms with Gasteiger partial charge in [-0.15, -0.1) is 0 Å². The molecule has 0 aromatic carbocycles. The lowest BCUT2D eigenvalue weighted by molar-refractivity contribution is 0.794. The smallest absolute Gasteiger partial charge is 0.128 e. The third-order valence-electron chi connectivity index (χ3n) is 3.53. The molecule has 20 heavy (non-hydrogen) atoms. The number of aromatic nitrogens is 3. The largest absolute Gasteiger partial charge is 0.356 e. The van der Waals surface area contributed by atoms with Gasteiger partial charge in [-0.25, -0.2) is 9.67 Å². The summed E-state index contributed by atoms with van der Waals surface area (Å²) in [6, 6.07) is 6.31. The predicted octanol–water partition coefficient (Wildman–Crippen LogP) is 2.83. The Hall–Kier alpha value is -1.49. The number of aryl methyl sites for hydroxylation is 2. The molecule has 1 aliphatic rings. The Bertz CT molecular complexity index is 568. The molecule has 2 aromatic heterocycles. The van der Waals surface area contributed by atoms with Gasteiger partial charge in [0.1, 0.15) is 5.82 Å². The van der Waals surface area contributed by atoms with Gasteiger partial charge in [-0.05, 0) is 44.2 Å². The van der Waals surface area contributed by atoms with E-state index in [1.165, 1.54) is 17.9 Å². The van der Waals surface area contributed by atoms with Crippen LogP contribution in [0.25, 0.3) is 5.69 Å². The summed E-state index contributed by atoms with van der Waals surface area (Å²) in [4.78, 5) is 7.01. The summed E-state index contributed by atoms with van der Waals surface area (Å²) in [5.74, 6) is 3.54. The molecule has 106 valence electrons. The van der Waals surface area contributed by atoms with Gasteiger partial charge in [0.25, 0.3) is 0 Å². The number of nitrogens with zero attached hydrogens (tertiary/aromatic N) is 4. The Morgan fingerprint density at radius 1 is 1.15 bits per heavy atom. The molecule has 2 aromatic rings. The summed E-state index contributed by atoms with van der Waals surface area (Å²) < 4.78 is 1.95. The Kier molecular flexibility index (Phi) is 3.96. The molecule has 1 fully saturated rings. The van der Waals surface area contributed by atoms with Gasteiger partial charge >= 0.3 is 0 Å². The van der Waals surface area contributed by atoms with Crippen LogP contribution in [0.4, 0.5) is 5.82 Å². The van der Waals surface area contributed by atoms with E-state index in [-0.39, 0.29) is 0 Å². The zero-order valence-electron chi connectivity index (χ0n) is 12.0. The molecule has 1 saturated heterocycles. The van der Waals surface area contributed by atoms with Crippen LogP contribution in [-0.4, -0.2) is 39.4 Å². The summed E-state index contributed by atoms with van der Waals surface area (Å²) >= 11 is 2.04. The van der Waals surface area contributed by atoms with E-state index in [0.717, 1.165) is 36.0 Å². The molecule has 1 aliphatic heterocycles. The summed E-state index contributed by atoms with van der Waals surface area (Å²) in [6.07, 6.45) is 3.17. The third-order valence-corrected chi connectivity index (χ3v) is 4.58. The standard InChI is InChI=1S/C15H20N4S/c1-12-10-13(2)19(17-12)14-4-5-15(16-11-14)18-6-3-8-20-9-7-18/h4-5,10-11H,3,6-9H2,1-2H3. The fourth-order valence-corrected chi connectivity index (χ4v) is 3.44. The van der Waals surface area contributed by atoms with Crippen molar-refractivity contribution in [1.29, 1.82) is 0 Å². The average Bonchev–Trinajstić information content (AvgIpc) is 2.68. The van der Waals surface area contributed by atoms with Gasteiger partial charge in [0.05, 0.1) is 17.6 Å². The highest BCUT2D eigenvalue weighted by Gasteiger charge is 2.11. The number of pyridine rings is 1. The van der Waals surface area contributed by atoms with Crippen LogP contribution in [0.1, 0.15) is 17.8 Å². The van der Waals surface area contributed by atoms with Crippen molar-refractivity contribution < 1.29 is 0 Å². The minimum absolute atomic E-state index is 1.03. The van der Waals surface area contributed by atoms with E-state index in [2.05, 4.69) is 40.1 Å². The summed E-state index contributed by atoms with van der Waals surface area (Å²) in [5, 5.41) is 4.50. The van der Waals surface area contributed by atoms with E-state index < -0.39 is 0 Å². The van der Waals surface area contributed by atoms with Crippen molar-refractivity contribution in [2.24, 2.45) is 0 Å². The van der Waals surface area contributed by atoms with Gasteiger partial charge < -0.3 is 4.90 Å². The van der Waals surface area contributed by atoms with Crippen molar-refractivity contribution in [3.8, 4) is 5.69 Å². The SMILES string of the molecule is Cc1cc(C)n(-c2ccc(N3CCCSCC3)nc2)n1. The molecule has 0 amide bonds. The lowest BCUT2D eigenvalue weighted by Gasteiger charge is -2.21.